The molecule has 29 heavy (non-hydrogen) atoms. The third-order valence-electron chi connectivity index (χ3n) is 3.92. The largest absolute Gasteiger partial charge is 0.573 e. The summed E-state index contributed by atoms with van der Waals surface area (Å²) >= 11 is 0. The summed E-state index contributed by atoms with van der Waals surface area (Å²) in [5, 5.41) is 7.96. The number of aliphatic imine (C=N–C) groups is 1. The monoisotopic (exact) mass is 411 g/mol. The fourth-order valence-corrected chi connectivity index (χ4v) is 2.62. The van der Waals surface area contributed by atoms with Crippen molar-refractivity contribution in [2.75, 3.05) is 6.61 Å². The zero-order chi connectivity index (χ0) is 21.8. The van der Waals surface area contributed by atoms with E-state index in [-0.39, 0.29) is 18.2 Å². The van der Waals surface area contributed by atoms with E-state index in [0.717, 1.165) is 17.7 Å². The van der Waals surface area contributed by atoms with Gasteiger partial charge in [0, 0.05) is 17.2 Å². The molecule has 0 heterocycles. The SMILES string of the molecule is CC(COc1ccc(C)c(C(C)N)c1F)=NC(=N)c1ccc(OC(F)(F)F)cc1. The predicted molar refractivity (Wildman–Crippen MR) is 102 cm³/mol. The maximum absolute atomic E-state index is 14.5. The van der Waals surface area contributed by atoms with Crippen molar-refractivity contribution in [3.05, 3.63) is 58.9 Å². The second kappa shape index (κ2) is 9.04. The van der Waals surface area contributed by atoms with E-state index in [1.807, 2.05) is 0 Å². The Kier molecular flexibility index (Phi) is 6.97. The molecule has 2 aromatic rings. The van der Waals surface area contributed by atoms with E-state index in [4.69, 9.17) is 15.9 Å². The van der Waals surface area contributed by atoms with Gasteiger partial charge in [0.05, 0.1) is 5.71 Å². The Labute approximate surface area is 165 Å². The molecular formula is C20H21F4N3O2. The molecule has 0 radical (unpaired) electrons. The average molecular weight is 411 g/mol. The van der Waals surface area contributed by atoms with Crippen LogP contribution in [0, 0.1) is 18.2 Å². The van der Waals surface area contributed by atoms with Gasteiger partial charge >= 0.3 is 6.36 Å². The van der Waals surface area contributed by atoms with Gasteiger partial charge in [-0.1, -0.05) is 6.07 Å². The summed E-state index contributed by atoms with van der Waals surface area (Å²) in [6.07, 6.45) is -4.78. The lowest BCUT2D eigenvalue weighted by Crippen LogP contribution is -2.17. The molecule has 1 unspecified atom stereocenters. The lowest BCUT2D eigenvalue weighted by atomic mass is 10.0. The van der Waals surface area contributed by atoms with Crippen LogP contribution in [0.4, 0.5) is 17.6 Å². The quantitative estimate of drug-likeness (QED) is 0.402. The summed E-state index contributed by atoms with van der Waals surface area (Å²) in [5.41, 5.74) is 7.55. The molecule has 0 aliphatic rings. The molecule has 0 aromatic heterocycles. The van der Waals surface area contributed by atoms with E-state index in [2.05, 4.69) is 9.73 Å². The Bertz CT molecular complexity index is 907. The summed E-state index contributed by atoms with van der Waals surface area (Å²) in [6.45, 7) is 4.95. The zero-order valence-electron chi connectivity index (χ0n) is 16.1. The van der Waals surface area contributed by atoms with Crippen LogP contribution in [0.3, 0.4) is 0 Å². The minimum Gasteiger partial charge on any atom is -0.485 e. The number of ether oxygens (including phenoxy) is 2. The number of benzene rings is 2. The second-order valence-corrected chi connectivity index (χ2v) is 6.45. The molecule has 3 N–H and O–H groups in total. The van der Waals surface area contributed by atoms with E-state index >= 15 is 0 Å². The van der Waals surface area contributed by atoms with Crippen LogP contribution in [0.15, 0.2) is 41.4 Å². The number of alkyl halides is 3. The van der Waals surface area contributed by atoms with Gasteiger partial charge < -0.3 is 15.2 Å². The van der Waals surface area contributed by atoms with Crippen LogP contribution < -0.4 is 15.2 Å². The molecule has 0 bridgehead atoms. The summed E-state index contributed by atoms with van der Waals surface area (Å²) in [7, 11) is 0. The average Bonchev–Trinajstić information content (AvgIpc) is 2.60. The summed E-state index contributed by atoms with van der Waals surface area (Å²) in [6, 6.07) is 7.47. The Morgan fingerprint density at radius 1 is 1.17 bits per heavy atom. The Morgan fingerprint density at radius 2 is 1.79 bits per heavy atom. The van der Waals surface area contributed by atoms with E-state index < -0.39 is 24.0 Å². The number of nitrogens with two attached hydrogens (primary N) is 1. The maximum atomic E-state index is 14.5. The first-order valence-corrected chi connectivity index (χ1v) is 8.64. The minimum atomic E-state index is -4.78. The van der Waals surface area contributed by atoms with Crippen LogP contribution in [0.5, 0.6) is 11.5 Å². The van der Waals surface area contributed by atoms with Crippen LogP contribution in [0.25, 0.3) is 0 Å². The van der Waals surface area contributed by atoms with E-state index in [0.29, 0.717) is 16.8 Å². The van der Waals surface area contributed by atoms with Crippen molar-refractivity contribution < 1.29 is 27.0 Å². The van der Waals surface area contributed by atoms with Crippen LogP contribution in [0.1, 0.15) is 36.6 Å². The minimum absolute atomic E-state index is 0.0256. The van der Waals surface area contributed by atoms with Crippen LogP contribution in [-0.2, 0) is 0 Å². The number of hydrogen-bond donors (Lipinski definition) is 2. The number of nitrogens with zero attached hydrogens (tertiary/aromatic N) is 1. The first-order chi connectivity index (χ1) is 13.5. The van der Waals surface area contributed by atoms with Crippen molar-refractivity contribution >= 4 is 11.5 Å². The molecule has 0 aliphatic heterocycles. The molecule has 0 spiro atoms. The Balaban J connectivity index is 2.05. The van der Waals surface area contributed by atoms with Crippen molar-refractivity contribution in [2.24, 2.45) is 10.7 Å². The molecule has 0 aliphatic carbocycles. The Hall–Kier alpha value is -2.94. The third kappa shape index (κ3) is 6.28. The lowest BCUT2D eigenvalue weighted by Gasteiger charge is -2.15. The smallest absolute Gasteiger partial charge is 0.485 e. The molecule has 0 fully saturated rings. The molecule has 0 amide bonds. The van der Waals surface area contributed by atoms with Crippen LogP contribution in [0.2, 0.25) is 0 Å². The van der Waals surface area contributed by atoms with Gasteiger partial charge in [-0.05, 0) is 56.7 Å². The molecule has 0 saturated heterocycles. The van der Waals surface area contributed by atoms with Crippen LogP contribution >= 0.6 is 0 Å². The highest BCUT2D eigenvalue weighted by molar-refractivity contribution is 6.05. The van der Waals surface area contributed by atoms with Gasteiger partial charge in [-0.2, -0.15) is 0 Å². The highest BCUT2D eigenvalue weighted by Gasteiger charge is 2.31. The van der Waals surface area contributed by atoms with Gasteiger partial charge in [0.1, 0.15) is 12.4 Å². The number of halogens is 4. The van der Waals surface area contributed by atoms with Crippen molar-refractivity contribution in [1.82, 2.24) is 0 Å². The fourth-order valence-electron chi connectivity index (χ4n) is 2.62. The molecule has 2 rings (SSSR count). The molecule has 0 saturated carbocycles. The Morgan fingerprint density at radius 3 is 2.34 bits per heavy atom. The molecule has 2 aromatic carbocycles. The number of hydrogen-bond acceptors (Lipinski definition) is 4. The first-order valence-electron chi connectivity index (χ1n) is 8.64. The first kappa shape index (κ1) is 22.4. The van der Waals surface area contributed by atoms with Crippen LogP contribution in [-0.4, -0.2) is 24.5 Å². The van der Waals surface area contributed by atoms with Gasteiger partial charge in [0.25, 0.3) is 0 Å². The fraction of sp³-hybridized carbons (Fsp3) is 0.300. The van der Waals surface area contributed by atoms with E-state index in [1.54, 1.807) is 26.8 Å². The predicted octanol–water partition coefficient (Wildman–Crippen LogP) is 4.92. The normalized spacial score (nSPS) is 13.2. The molecule has 156 valence electrons. The van der Waals surface area contributed by atoms with Crippen molar-refractivity contribution in [1.29, 1.82) is 5.41 Å². The molecule has 1 atom stereocenters. The molecular weight excluding hydrogens is 390 g/mol. The zero-order valence-corrected chi connectivity index (χ0v) is 16.1. The summed E-state index contributed by atoms with van der Waals surface area (Å²) in [5.74, 6) is -1.08. The molecule has 9 heteroatoms. The summed E-state index contributed by atoms with van der Waals surface area (Å²) < 4.78 is 60.3. The topological polar surface area (TPSA) is 80.7 Å². The number of nitrogens with one attached hydrogen (secondary N) is 1. The lowest BCUT2D eigenvalue weighted by molar-refractivity contribution is -0.274. The van der Waals surface area contributed by atoms with Gasteiger partial charge in [-0.25, -0.2) is 9.38 Å². The summed E-state index contributed by atoms with van der Waals surface area (Å²) in [4.78, 5) is 4.04. The molecule has 5 nitrogen and oxygen atoms in total. The van der Waals surface area contributed by atoms with Gasteiger partial charge in [0.15, 0.2) is 17.4 Å². The van der Waals surface area contributed by atoms with E-state index in [9.17, 15) is 17.6 Å². The highest BCUT2D eigenvalue weighted by atomic mass is 19.4. The van der Waals surface area contributed by atoms with Crippen molar-refractivity contribution in [3.63, 3.8) is 0 Å². The number of rotatable bonds is 6. The van der Waals surface area contributed by atoms with Crippen molar-refractivity contribution in [2.45, 2.75) is 33.2 Å². The van der Waals surface area contributed by atoms with E-state index in [1.165, 1.54) is 18.2 Å². The highest BCUT2D eigenvalue weighted by Crippen LogP contribution is 2.27. The standard InChI is InChI=1S/C20H21F4N3O2/c1-11-4-9-16(18(21)17(11)13(3)25)28-10-12(2)27-19(26)14-5-7-15(8-6-14)29-20(22,23)24/h4-9,13,26H,10,25H2,1-3H3. The van der Waals surface area contributed by atoms with Gasteiger partial charge in [-0.15, -0.1) is 13.2 Å². The van der Waals surface area contributed by atoms with Gasteiger partial charge in [-0.3, -0.25) is 5.41 Å². The number of aryl methyl sites for hydroxylation is 1. The number of amidine groups is 1. The van der Waals surface area contributed by atoms with Gasteiger partial charge in [0.2, 0.25) is 0 Å². The maximum Gasteiger partial charge on any atom is 0.573 e. The second-order valence-electron chi connectivity index (χ2n) is 6.45. The van der Waals surface area contributed by atoms with Crippen molar-refractivity contribution in [3.8, 4) is 11.5 Å². The third-order valence-corrected chi connectivity index (χ3v) is 3.92.